The largest absolute Gasteiger partial charge is 0.481 e. The van der Waals surface area contributed by atoms with Crippen molar-refractivity contribution in [3.63, 3.8) is 0 Å². The molecule has 1 atom stereocenters. The highest BCUT2D eigenvalue weighted by molar-refractivity contribution is 7.91. The smallest absolute Gasteiger partial charge is 0.310 e. The molecule has 1 unspecified atom stereocenters. The summed E-state index contributed by atoms with van der Waals surface area (Å²) in [4.78, 5) is 25.6. The maximum atomic E-state index is 12.5. The second-order valence-corrected chi connectivity index (χ2v) is 8.43. The minimum atomic E-state index is -3.05. The minimum absolute atomic E-state index is 0.00660. The lowest BCUT2D eigenvalue weighted by Gasteiger charge is -2.31. The van der Waals surface area contributed by atoms with Crippen LogP contribution in [0.1, 0.15) is 45.4 Å². The van der Waals surface area contributed by atoms with Crippen molar-refractivity contribution in [3.05, 3.63) is 0 Å². The van der Waals surface area contributed by atoms with Crippen molar-refractivity contribution in [2.75, 3.05) is 18.1 Å². The first-order chi connectivity index (χ1) is 9.80. The molecule has 0 bridgehead atoms. The van der Waals surface area contributed by atoms with Crippen LogP contribution in [0.4, 0.5) is 0 Å². The van der Waals surface area contributed by atoms with Crippen molar-refractivity contribution in [2.45, 2.75) is 51.5 Å². The second-order valence-electron chi connectivity index (χ2n) is 6.21. The molecule has 2 aliphatic rings. The van der Waals surface area contributed by atoms with Crippen LogP contribution in [-0.4, -0.2) is 54.4 Å². The van der Waals surface area contributed by atoms with E-state index in [1.165, 1.54) is 0 Å². The molecular formula is C14H23NO5S. The number of carbonyl (C=O) groups excluding carboxylic acids is 1. The summed E-state index contributed by atoms with van der Waals surface area (Å²) in [6.45, 7) is 2.24. The molecule has 21 heavy (non-hydrogen) atoms. The van der Waals surface area contributed by atoms with Crippen LogP contribution in [0.25, 0.3) is 0 Å². The first-order valence-electron chi connectivity index (χ1n) is 7.53. The van der Waals surface area contributed by atoms with Crippen molar-refractivity contribution >= 4 is 21.7 Å². The Bertz CT molecular complexity index is 521. The van der Waals surface area contributed by atoms with Crippen LogP contribution >= 0.6 is 0 Å². The average Bonchev–Trinajstić information content (AvgIpc) is 2.98. The normalized spacial score (nSPS) is 26.6. The maximum absolute atomic E-state index is 12.5. The molecule has 0 radical (unpaired) electrons. The summed E-state index contributed by atoms with van der Waals surface area (Å²) in [7, 11) is -3.05. The predicted molar refractivity (Wildman–Crippen MR) is 77.6 cm³/mol. The highest BCUT2D eigenvalue weighted by Crippen LogP contribution is 2.42. The highest BCUT2D eigenvalue weighted by atomic mass is 32.2. The third-order valence-corrected chi connectivity index (χ3v) is 6.56. The van der Waals surface area contributed by atoms with Crippen molar-refractivity contribution in [1.29, 1.82) is 0 Å². The number of hydrogen-bond acceptors (Lipinski definition) is 4. The molecule has 1 heterocycles. The molecule has 0 aromatic heterocycles. The summed E-state index contributed by atoms with van der Waals surface area (Å²) in [5, 5.41) is 9.45. The fourth-order valence-corrected chi connectivity index (χ4v) is 5.30. The third-order valence-electron chi connectivity index (χ3n) is 4.81. The molecule has 0 aromatic rings. The van der Waals surface area contributed by atoms with Gasteiger partial charge in [-0.25, -0.2) is 8.42 Å². The number of hydrogen-bond donors (Lipinski definition) is 1. The Morgan fingerprint density at radius 2 is 1.90 bits per heavy atom. The van der Waals surface area contributed by atoms with Crippen LogP contribution in [-0.2, 0) is 19.4 Å². The van der Waals surface area contributed by atoms with Crippen molar-refractivity contribution in [3.8, 4) is 0 Å². The molecule has 2 fully saturated rings. The number of carboxylic acid groups (broad SMARTS) is 1. The molecule has 0 aromatic carbocycles. The Morgan fingerprint density at radius 3 is 2.33 bits per heavy atom. The molecule has 7 heteroatoms. The summed E-state index contributed by atoms with van der Waals surface area (Å²) in [6, 6.07) is -0.292. The molecule has 1 saturated carbocycles. The molecule has 2 rings (SSSR count). The van der Waals surface area contributed by atoms with Gasteiger partial charge in [0, 0.05) is 19.0 Å². The Kier molecular flexibility index (Phi) is 4.60. The highest BCUT2D eigenvalue weighted by Gasteiger charge is 2.45. The van der Waals surface area contributed by atoms with E-state index in [-0.39, 0.29) is 29.9 Å². The van der Waals surface area contributed by atoms with Gasteiger partial charge >= 0.3 is 5.97 Å². The fourth-order valence-electron chi connectivity index (χ4n) is 3.57. The molecule has 120 valence electrons. The van der Waals surface area contributed by atoms with Gasteiger partial charge in [0.2, 0.25) is 5.91 Å². The van der Waals surface area contributed by atoms with Gasteiger partial charge in [0.1, 0.15) is 0 Å². The van der Waals surface area contributed by atoms with Gasteiger partial charge in [-0.1, -0.05) is 12.8 Å². The third kappa shape index (κ3) is 3.39. The van der Waals surface area contributed by atoms with E-state index in [0.29, 0.717) is 25.8 Å². The number of rotatable bonds is 5. The molecule has 1 N–H and O–H groups in total. The van der Waals surface area contributed by atoms with Gasteiger partial charge in [0.15, 0.2) is 9.84 Å². The van der Waals surface area contributed by atoms with Crippen LogP contribution in [0.5, 0.6) is 0 Å². The maximum Gasteiger partial charge on any atom is 0.310 e. The summed E-state index contributed by atoms with van der Waals surface area (Å²) in [5.41, 5.74) is -0.942. The summed E-state index contributed by atoms with van der Waals surface area (Å²) in [5.74, 6) is -0.995. The predicted octanol–water partition coefficient (Wildman–Crippen LogP) is 1.06. The second kappa shape index (κ2) is 5.94. The van der Waals surface area contributed by atoms with E-state index in [0.717, 1.165) is 12.8 Å². The topological polar surface area (TPSA) is 91.8 Å². The number of amides is 1. The minimum Gasteiger partial charge on any atom is -0.481 e. The van der Waals surface area contributed by atoms with Gasteiger partial charge in [-0.2, -0.15) is 0 Å². The molecule has 1 aliphatic heterocycles. The number of carboxylic acids is 1. The van der Waals surface area contributed by atoms with E-state index in [9.17, 15) is 23.1 Å². The number of sulfone groups is 1. The summed E-state index contributed by atoms with van der Waals surface area (Å²) in [6.07, 6.45) is 3.20. The van der Waals surface area contributed by atoms with E-state index in [1.807, 2.05) is 6.92 Å². The Morgan fingerprint density at radius 1 is 1.29 bits per heavy atom. The zero-order valence-electron chi connectivity index (χ0n) is 12.4. The zero-order chi connectivity index (χ0) is 15.7. The average molecular weight is 317 g/mol. The lowest BCUT2D eigenvalue weighted by atomic mass is 9.82. The molecule has 6 nitrogen and oxygen atoms in total. The SMILES string of the molecule is CCN(C(=O)CC1(C(=O)O)CCCC1)C1CCS(=O)(=O)C1. The van der Waals surface area contributed by atoms with E-state index in [1.54, 1.807) is 4.90 Å². The number of carbonyl (C=O) groups is 2. The quantitative estimate of drug-likeness (QED) is 0.818. The first kappa shape index (κ1) is 16.3. The van der Waals surface area contributed by atoms with Crippen LogP contribution in [0.2, 0.25) is 0 Å². The first-order valence-corrected chi connectivity index (χ1v) is 9.35. The molecule has 1 amide bonds. The Balaban J connectivity index is 2.08. The molecule has 1 saturated heterocycles. The van der Waals surface area contributed by atoms with E-state index < -0.39 is 21.2 Å². The van der Waals surface area contributed by atoms with Crippen LogP contribution in [0.3, 0.4) is 0 Å². The zero-order valence-corrected chi connectivity index (χ0v) is 13.2. The van der Waals surface area contributed by atoms with Crippen molar-refractivity contribution in [1.82, 2.24) is 4.90 Å². The lowest BCUT2D eigenvalue weighted by Crippen LogP contribution is -2.44. The lowest BCUT2D eigenvalue weighted by molar-refractivity contribution is -0.153. The van der Waals surface area contributed by atoms with Gasteiger partial charge in [0.05, 0.1) is 16.9 Å². The molecule has 1 aliphatic carbocycles. The van der Waals surface area contributed by atoms with Crippen LogP contribution in [0.15, 0.2) is 0 Å². The standard InChI is InChI=1S/C14H23NO5S/c1-2-15(11-5-8-21(19,20)10-11)12(16)9-14(13(17)18)6-3-4-7-14/h11H,2-10H2,1H3,(H,17,18). The fraction of sp³-hybridized carbons (Fsp3) is 0.857. The van der Waals surface area contributed by atoms with Crippen LogP contribution < -0.4 is 0 Å². The van der Waals surface area contributed by atoms with Gasteiger partial charge in [-0.15, -0.1) is 0 Å². The van der Waals surface area contributed by atoms with E-state index in [2.05, 4.69) is 0 Å². The molecular weight excluding hydrogens is 294 g/mol. The number of nitrogens with zero attached hydrogens (tertiary/aromatic N) is 1. The van der Waals surface area contributed by atoms with Gasteiger partial charge in [0.25, 0.3) is 0 Å². The van der Waals surface area contributed by atoms with E-state index >= 15 is 0 Å². The van der Waals surface area contributed by atoms with Gasteiger partial charge < -0.3 is 10.0 Å². The van der Waals surface area contributed by atoms with Crippen LogP contribution in [0, 0.1) is 5.41 Å². The Hall–Kier alpha value is -1.11. The van der Waals surface area contributed by atoms with Gasteiger partial charge in [-0.05, 0) is 26.2 Å². The number of aliphatic carboxylic acids is 1. The summed E-state index contributed by atoms with van der Waals surface area (Å²) < 4.78 is 23.1. The van der Waals surface area contributed by atoms with Crippen molar-refractivity contribution < 1.29 is 23.1 Å². The molecule has 0 spiro atoms. The van der Waals surface area contributed by atoms with Gasteiger partial charge in [-0.3, -0.25) is 9.59 Å². The van der Waals surface area contributed by atoms with Crippen molar-refractivity contribution in [2.24, 2.45) is 5.41 Å². The summed E-state index contributed by atoms with van der Waals surface area (Å²) >= 11 is 0. The Labute approximate surface area is 125 Å². The monoisotopic (exact) mass is 317 g/mol. The van der Waals surface area contributed by atoms with E-state index in [4.69, 9.17) is 0 Å².